The third-order valence-electron chi connectivity index (χ3n) is 5.08. The lowest BCUT2D eigenvalue weighted by Crippen LogP contribution is -2.46. The molecule has 0 saturated carbocycles. The van der Waals surface area contributed by atoms with Crippen LogP contribution in [0.1, 0.15) is 94.4 Å². The summed E-state index contributed by atoms with van der Waals surface area (Å²) in [6.07, 6.45) is 2.29. The van der Waals surface area contributed by atoms with Crippen molar-refractivity contribution in [1.29, 1.82) is 0 Å². The van der Waals surface area contributed by atoms with Crippen LogP contribution in [0.25, 0.3) is 0 Å². The molecule has 3 amide bonds. The van der Waals surface area contributed by atoms with Crippen molar-refractivity contribution in [3.63, 3.8) is 0 Å². The lowest BCUT2D eigenvalue weighted by molar-refractivity contribution is -0.123. The first-order chi connectivity index (χ1) is 15.4. The van der Waals surface area contributed by atoms with E-state index in [2.05, 4.69) is 36.7 Å². The number of nitrogens with one attached hydrogen (secondary N) is 3. The van der Waals surface area contributed by atoms with Crippen LogP contribution in [0.5, 0.6) is 0 Å². The first-order valence-corrected chi connectivity index (χ1v) is 12.4. The summed E-state index contributed by atoms with van der Waals surface area (Å²) in [5, 5.41) is 8.51. The van der Waals surface area contributed by atoms with Crippen LogP contribution in [0.4, 0.5) is 9.59 Å². The van der Waals surface area contributed by atoms with Gasteiger partial charge in [-0.15, -0.1) is 0 Å². The highest BCUT2D eigenvalue weighted by Gasteiger charge is 2.27. The zero-order valence-electron chi connectivity index (χ0n) is 22.9. The Morgan fingerprint density at radius 1 is 0.794 bits per heavy atom. The summed E-state index contributed by atoms with van der Waals surface area (Å²) in [5.74, 6) is 0.158. The molecule has 1 unspecified atom stereocenters. The van der Waals surface area contributed by atoms with Crippen molar-refractivity contribution in [3.8, 4) is 0 Å². The SMILES string of the molecule is CC(C)(C)OC(=O)NCCC[C@@H](CNC(=O)CC(CCCN)C(C)(C)C)NC(=O)OC(C)(C)C. The van der Waals surface area contributed by atoms with E-state index in [1.54, 1.807) is 41.5 Å². The van der Waals surface area contributed by atoms with Crippen LogP contribution in [0, 0.1) is 11.3 Å². The molecule has 0 rings (SSSR count). The molecule has 0 heterocycles. The molecule has 34 heavy (non-hydrogen) atoms. The van der Waals surface area contributed by atoms with Gasteiger partial charge in [0.15, 0.2) is 0 Å². The molecule has 0 aliphatic rings. The highest BCUT2D eigenvalue weighted by Crippen LogP contribution is 2.32. The molecule has 0 aliphatic heterocycles. The van der Waals surface area contributed by atoms with Crippen molar-refractivity contribution in [2.24, 2.45) is 17.1 Å². The minimum absolute atomic E-state index is 0.00594. The number of carbonyl (C=O) groups excluding carboxylic acids is 3. The van der Waals surface area contributed by atoms with Crippen molar-refractivity contribution < 1.29 is 23.9 Å². The molecule has 0 bridgehead atoms. The van der Waals surface area contributed by atoms with E-state index in [-0.39, 0.29) is 29.8 Å². The maximum Gasteiger partial charge on any atom is 0.407 e. The first-order valence-electron chi connectivity index (χ1n) is 12.4. The highest BCUT2D eigenvalue weighted by molar-refractivity contribution is 5.76. The van der Waals surface area contributed by atoms with E-state index in [1.165, 1.54) is 0 Å². The van der Waals surface area contributed by atoms with Gasteiger partial charge in [0.25, 0.3) is 0 Å². The summed E-state index contributed by atoms with van der Waals surface area (Å²) in [5.41, 5.74) is 4.46. The monoisotopic (exact) mass is 486 g/mol. The Kier molecular flexibility index (Phi) is 13.5. The molecule has 0 fully saturated rings. The minimum Gasteiger partial charge on any atom is -0.444 e. The van der Waals surface area contributed by atoms with Gasteiger partial charge in [0.05, 0.1) is 0 Å². The maximum absolute atomic E-state index is 12.7. The molecule has 0 aliphatic carbocycles. The summed E-state index contributed by atoms with van der Waals surface area (Å²) >= 11 is 0. The molecule has 0 aromatic heterocycles. The van der Waals surface area contributed by atoms with Crippen LogP contribution in [0.15, 0.2) is 0 Å². The number of nitrogens with two attached hydrogens (primary N) is 1. The fourth-order valence-electron chi connectivity index (χ4n) is 3.29. The lowest BCUT2D eigenvalue weighted by Gasteiger charge is -2.30. The van der Waals surface area contributed by atoms with E-state index >= 15 is 0 Å². The quantitative estimate of drug-likeness (QED) is 0.307. The number of hydrogen-bond acceptors (Lipinski definition) is 6. The van der Waals surface area contributed by atoms with Gasteiger partial charge >= 0.3 is 12.2 Å². The van der Waals surface area contributed by atoms with E-state index in [4.69, 9.17) is 15.2 Å². The average molecular weight is 487 g/mol. The van der Waals surface area contributed by atoms with E-state index in [9.17, 15) is 14.4 Å². The number of hydrogen-bond donors (Lipinski definition) is 4. The van der Waals surface area contributed by atoms with E-state index in [0.717, 1.165) is 12.8 Å². The third-order valence-corrected chi connectivity index (χ3v) is 5.08. The second-order valence-electron chi connectivity index (χ2n) is 11.9. The van der Waals surface area contributed by atoms with Gasteiger partial charge in [0.2, 0.25) is 5.91 Å². The van der Waals surface area contributed by atoms with Crippen LogP contribution in [0.2, 0.25) is 0 Å². The molecule has 0 radical (unpaired) electrons. The molecule has 2 atom stereocenters. The Balaban J connectivity index is 4.87. The molecular formula is C25H50N4O5. The zero-order chi connectivity index (χ0) is 26.6. The van der Waals surface area contributed by atoms with Gasteiger partial charge in [-0.3, -0.25) is 4.79 Å². The Morgan fingerprint density at radius 2 is 1.35 bits per heavy atom. The van der Waals surface area contributed by atoms with Gasteiger partial charge in [-0.2, -0.15) is 0 Å². The van der Waals surface area contributed by atoms with Crippen LogP contribution in [0.3, 0.4) is 0 Å². The summed E-state index contributed by atoms with van der Waals surface area (Å²) in [7, 11) is 0. The normalized spacial score (nSPS) is 14.1. The van der Waals surface area contributed by atoms with E-state index in [0.29, 0.717) is 32.4 Å². The van der Waals surface area contributed by atoms with Gasteiger partial charge in [-0.25, -0.2) is 9.59 Å². The first kappa shape index (κ1) is 32.0. The Morgan fingerprint density at radius 3 is 1.85 bits per heavy atom. The molecule has 0 saturated heterocycles. The zero-order valence-corrected chi connectivity index (χ0v) is 22.9. The largest absolute Gasteiger partial charge is 0.444 e. The smallest absolute Gasteiger partial charge is 0.407 e. The van der Waals surface area contributed by atoms with Crippen molar-refractivity contribution in [3.05, 3.63) is 0 Å². The van der Waals surface area contributed by atoms with Gasteiger partial charge in [0, 0.05) is 25.6 Å². The molecule has 9 heteroatoms. The van der Waals surface area contributed by atoms with Crippen molar-refractivity contribution in [1.82, 2.24) is 16.0 Å². The number of alkyl carbamates (subject to hydrolysis) is 2. The molecule has 0 spiro atoms. The number of amides is 3. The summed E-state index contributed by atoms with van der Waals surface area (Å²) in [6, 6.07) is -0.337. The third kappa shape index (κ3) is 17.4. The number of ether oxygens (including phenoxy) is 2. The van der Waals surface area contributed by atoms with Crippen molar-refractivity contribution >= 4 is 18.1 Å². The summed E-state index contributed by atoms with van der Waals surface area (Å²) < 4.78 is 10.6. The van der Waals surface area contributed by atoms with Crippen molar-refractivity contribution in [2.75, 3.05) is 19.6 Å². The Hall–Kier alpha value is -2.03. The van der Waals surface area contributed by atoms with Crippen molar-refractivity contribution in [2.45, 2.75) is 112 Å². The van der Waals surface area contributed by atoms with Gasteiger partial charge < -0.3 is 31.2 Å². The topological polar surface area (TPSA) is 132 Å². The Bertz CT molecular complexity index is 633. The van der Waals surface area contributed by atoms with Gasteiger partial charge in [-0.1, -0.05) is 20.8 Å². The fourth-order valence-corrected chi connectivity index (χ4v) is 3.29. The van der Waals surface area contributed by atoms with Crippen LogP contribution >= 0.6 is 0 Å². The summed E-state index contributed by atoms with van der Waals surface area (Å²) in [6.45, 7) is 18.4. The van der Waals surface area contributed by atoms with Crippen LogP contribution in [-0.2, 0) is 14.3 Å². The average Bonchev–Trinajstić information content (AvgIpc) is 2.62. The molecule has 0 aromatic rings. The highest BCUT2D eigenvalue weighted by atomic mass is 16.6. The lowest BCUT2D eigenvalue weighted by atomic mass is 9.76. The number of rotatable bonds is 12. The molecule has 200 valence electrons. The standard InChI is InChI=1S/C25H50N4O5/c1-23(2,3)18(12-10-14-26)16-20(30)28-17-19(29-22(32)34-25(7,8)9)13-11-15-27-21(31)33-24(4,5)6/h18-19H,10-17,26H2,1-9H3,(H,27,31)(H,28,30)(H,29,32)/t18?,19-/m0/s1. The minimum atomic E-state index is -0.626. The van der Waals surface area contributed by atoms with Gasteiger partial charge in [0.1, 0.15) is 11.2 Å². The predicted octanol–water partition coefficient (Wildman–Crippen LogP) is 4.09. The second-order valence-corrected chi connectivity index (χ2v) is 11.9. The second kappa shape index (κ2) is 14.4. The van der Waals surface area contributed by atoms with Crippen LogP contribution in [-0.4, -0.2) is 55.0 Å². The van der Waals surface area contributed by atoms with E-state index < -0.39 is 23.4 Å². The maximum atomic E-state index is 12.7. The Labute approximate surface area is 206 Å². The van der Waals surface area contributed by atoms with E-state index in [1.807, 2.05) is 0 Å². The van der Waals surface area contributed by atoms with Crippen LogP contribution < -0.4 is 21.7 Å². The molecular weight excluding hydrogens is 436 g/mol. The number of carbonyl (C=O) groups is 3. The molecule has 0 aromatic carbocycles. The fraction of sp³-hybridized carbons (Fsp3) is 0.880. The molecule has 9 nitrogen and oxygen atoms in total. The predicted molar refractivity (Wildman–Crippen MR) is 135 cm³/mol. The van der Waals surface area contributed by atoms with Gasteiger partial charge in [-0.05, 0) is 85.1 Å². The molecule has 5 N–H and O–H groups in total. The summed E-state index contributed by atoms with van der Waals surface area (Å²) in [4.78, 5) is 36.8.